The molecule has 1 rings (SSSR count). The Morgan fingerprint density at radius 1 is 1.16 bits per heavy atom. The van der Waals surface area contributed by atoms with Gasteiger partial charge in [0.2, 0.25) is 0 Å². The van der Waals surface area contributed by atoms with Crippen molar-refractivity contribution < 1.29 is 4.74 Å². The smallest absolute Gasteiger partial charge is 0.191 e. The Morgan fingerprint density at radius 2 is 1.84 bits per heavy atom. The van der Waals surface area contributed by atoms with Gasteiger partial charge >= 0.3 is 0 Å². The van der Waals surface area contributed by atoms with E-state index in [1.165, 1.54) is 0 Å². The molecule has 0 unspecified atom stereocenters. The molecule has 5 nitrogen and oxygen atoms in total. The zero-order valence-corrected chi connectivity index (χ0v) is 18.7. The molecule has 25 heavy (non-hydrogen) atoms. The van der Waals surface area contributed by atoms with Crippen molar-refractivity contribution in [2.45, 2.75) is 47.2 Å². The number of nitrogens with one attached hydrogen (secondary N) is 2. The number of halogens is 1. The van der Waals surface area contributed by atoms with Crippen molar-refractivity contribution in [3.05, 3.63) is 29.8 Å². The number of para-hydroxylation sites is 1. The Kier molecular flexibility index (Phi) is 13.6. The summed E-state index contributed by atoms with van der Waals surface area (Å²) in [5.41, 5.74) is 1.11. The van der Waals surface area contributed by atoms with E-state index in [1.54, 1.807) is 0 Å². The number of ether oxygens (including phenoxy) is 1. The van der Waals surface area contributed by atoms with Crippen LogP contribution in [0.5, 0.6) is 5.75 Å². The highest BCUT2D eigenvalue weighted by Crippen LogP contribution is 2.18. The number of hydrogen-bond donors (Lipinski definition) is 2. The fraction of sp³-hybridized carbons (Fsp3) is 0.632. The summed E-state index contributed by atoms with van der Waals surface area (Å²) in [7, 11) is 0. The molecule has 0 heterocycles. The predicted octanol–water partition coefficient (Wildman–Crippen LogP) is 3.49. The first kappa shape index (κ1) is 24.0. The van der Waals surface area contributed by atoms with Gasteiger partial charge in [0.15, 0.2) is 5.96 Å². The van der Waals surface area contributed by atoms with Gasteiger partial charge in [0.05, 0.1) is 6.54 Å². The maximum atomic E-state index is 5.99. The molecule has 0 saturated carbocycles. The monoisotopic (exact) mass is 462 g/mol. The topological polar surface area (TPSA) is 48.9 Å². The zero-order chi connectivity index (χ0) is 17.8. The van der Waals surface area contributed by atoms with E-state index in [-0.39, 0.29) is 24.0 Å². The van der Waals surface area contributed by atoms with Gasteiger partial charge in [0.1, 0.15) is 12.4 Å². The number of guanidine groups is 1. The Balaban J connectivity index is 0.00000576. The first-order chi connectivity index (χ1) is 11.6. The van der Waals surface area contributed by atoms with E-state index in [4.69, 9.17) is 4.74 Å². The molecule has 0 fully saturated rings. The summed E-state index contributed by atoms with van der Waals surface area (Å²) in [6.45, 7) is 15.8. The molecular formula is C19H35IN4O. The van der Waals surface area contributed by atoms with Crippen LogP contribution >= 0.6 is 24.0 Å². The molecule has 1 aromatic rings. The number of aliphatic imine (C=N–C) groups is 1. The summed E-state index contributed by atoms with van der Waals surface area (Å²) in [5.74, 6) is 1.76. The van der Waals surface area contributed by atoms with Crippen LogP contribution in [0, 0.1) is 0 Å². The van der Waals surface area contributed by atoms with Crippen LogP contribution in [0.4, 0.5) is 0 Å². The molecule has 0 aliphatic heterocycles. The van der Waals surface area contributed by atoms with Gasteiger partial charge in [-0.1, -0.05) is 32.0 Å². The van der Waals surface area contributed by atoms with Crippen LogP contribution in [0.3, 0.4) is 0 Å². The summed E-state index contributed by atoms with van der Waals surface area (Å²) in [6, 6.07) is 8.50. The first-order valence-corrected chi connectivity index (χ1v) is 9.08. The van der Waals surface area contributed by atoms with Crippen molar-refractivity contribution in [3.63, 3.8) is 0 Å². The van der Waals surface area contributed by atoms with Crippen LogP contribution in [0.2, 0.25) is 0 Å². The maximum Gasteiger partial charge on any atom is 0.191 e. The third-order valence-corrected chi connectivity index (χ3v) is 3.71. The van der Waals surface area contributed by atoms with E-state index >= 15 is 0 Å². The highest BCUT2D eigenvalue weighted by molar-refractivity contribution is 14.0. The number of rotatable bonds is 10. The molecule has 2 N–H and O–H groups in total. The van der Waals surface area contributed by atoms with Gasteiger partial charge in [0, 0.05) is 24.7 Å². The Hall–Kier alpha value is -1.02. The van der Waals surface area contributed by atoms with Gasteiger partial charge in [-0.2, -0.15) is 0 Å². The van der Waals surface area contributed by atoms with Gasteiger partial charge < -0.3 is 20.3 Å². The normalized spacial score (nSPS) is 11.4. The van der Waals surface area contributed by atoms with Crippen LogP contribution in [-0.4, -0.2) is 49.7 Å². The first-order valence-electron chi connectivity index (χ1n) is 9.08. The predicted molar refractivity (Wildman–Crippen MR) is 118 cm³/mol. The third-order valence-electron chi connectivity index (χ3n) is 3.71. The second kappa shape index (κ2) is 14.2. The second-order valence-electron chi connectivity index (χ2n) is 5.98. The van der Waals surface area contributed by atoms with Gasteiger partial charge in [-0.3, -0.25) is 0 Å². The summed E-state index contributed by atoms with van der Waals surface area (Å²) in [6.07, 6.45) is 0. The summed E-state index contributed by atoms with van der Waals surface area (Å²) < 4.78 is 5.99. The number of benzene rings is 1. The van der Waals surface area contributed by atoms with Gasteiger partial charge in [-0.25, -0.2) is 4.99 Å². The minimum Gasteiger partial charge on any atom is -0.492 e. The fourth-order valence-corrected chi connectivity index (χ4v) is 2.36. The van der Waals surface area contributed by atoms with Crippen molar-refractivity contribution in [1.82, 2.24) is 15.5 Å². The molecule has 0 atom stereocenters. The molecule has 0 bridgehead atoms. The molecule has 0 spiro atoms. The lowest BCUT2D eigenvalue weighted by Gasteiger charge is -2.19. The largest absolute Gasteiger partial charge is 0.492 e. The van der Waals surface area contributed by atoms with Crippen LogP contribution in [-0.2, 0) is 6.54 Å². The number of nitrogens with zero attached hydrogens (tertiary/aromatic N) is 2. The van der Waals surface area contributed by atoms with Crippen molar-refractivity contribution in [2.75, 3.05) is 32.8 Å². The van der Waals surface area contributed by atoms with Gasteiger partial charge in [0.25, 0.3) is 0 Å². The molecule has 0 amide bonds. The minimum absolute atomic E-state index is 0. The minimum atomic E-state index is 0. The molecule has 1 aromatic carbocycles. The Morgan fingerprint density at radius 3 is 2.44 bits per heavy atom. The molecule has 6 heteroatoms. The SMILES string of the molecule is CCNC(=NCc1ccccc1OCCN(CC)CC)NC(C)C.I. The Labute approximate surface area is 170 Å². The third kappa shape index (κ3) is 9.89. The van der Waals surface area contributed by atoms with E-state index in [0.29, 0.717) is 19.2 Å². The molecular weight excluding hydrogens is 427 g/mol. The average Bonchev–Trinajstić information content (AvgIpc) is 2.57. The quantitative estimate of drug-likeness (QED) is 0.318. The van der Waals surface area contributed by atoms with Crippen LogP contribution in [0.25, 0.3) is 0 Å². The van der Waals surface area contributed by atoms with Crippen molar-refractivity contribution >= 4 is 29.9 Å². The lowest BCUT2D eigenvalue weighted by atomic mass is 10.2. The standard InChI is InChI=1S/C19H34N4O.HI/c1-6-20-19(22-16(4)5)21-15-17-11-9-10-12-18(17)24-14-13-23(7-2)8-3;/h9-12,16H,6-8,13-15H2,1-5H3,(H2,20,21,22);1H. The van der Waals surface area contributed by atoms with Crippen molar-refractivity contribution in [1.29, 1.82) is 0 Å². The van der Waals surface area contributed by atoms with E-state index < -0.39 is 0 Å². The maximum absolute atomic E-state index is 5.99. The van der Waals surface area contributed by atoms with Gasteiger partial charge in [-0.05, 0) is 39.9 Å². The van der Waals surface area contributed by atoms with E-state index in [2.05, 4.69) is 61.2 Å². The van der Waals surface area contributed by atoms with Crippen molar-refractivity contribution in [3.8, 4) is 5.75 Å². The number of hydrogen-bond acceptors (Lipinski definition) is 3. The lowest BCUT2D eigenvalue weighted by Crippen LogP contribution is -2.41. The summed E-state index contributed by atoms with van der Waals surface area (Å²) >= 11 is 0. The van der Waals surface area contributed by atoms with E-state index in [9.17, 15) is 0 Å². The van der Waals surface area contributed by atoms with Crippen LogP contribution < -0.4 is 15.4 Å². The van der Waals surface area contributed by atoms with Gasteiger partial charge in [-0.15, -0.1) is 24.0 Å². The molecule has 0 saturated heterocycles. The molecule has 0 aliphatic carbocycles. The average molecular weight is 462 g/mol. The summed E-state index contributed by atoms with van der Waals surface area (Å²) in [5, 5.41) is 6.60. The zero-order valence-electron chi connectivity index (χ0n) is 16.3. The Bertz CT molecular complexity index is 490. The highest BCUT2D eigenvalue weighted by atomic mass is 127. The molecule has 144 valence electrons. The van der Waals surface area contributed by atoms with E-state index in [1.807, 2.05) is 18.2 Å². The fourth-order valence-electron chi connectivity index (χ4n) is 2.36. The molecule has 0 radical (unpaired) electrons. The lowest BCUT2D eigenvalue weighted by molar-refractivity contribution is 0.221. The highest BCUT2D eigenvalue weighted by Gasteiger charge is 2.05. The summed E-state index contributed by atoms with van der Waals surface area (Å²) in [4.78, 5) is 7.02. The molecule has 0 aliphatic rings. The number of likely N-dealkylation sites (N-methyl/N-ethyl adjacent to an activating group) is 1. The second-order valence-corrected chi connectivity index (χ2v) is 5.98. The van der Waals surface area contributed by atoms with Crippen molar-refractivity contribution in [2.24, 2.45) is 4.99 Å². The molecule has 0 aromatic heterocycles. The van der Waals surface area contributed by atoms with Crippen LogP contribution in [0.15, 0.2) is 29.3 Å². The van der Waals surface area contributed by atoms with E-state index in [0.717, 1.165) is 43.5 Å². The van der Waals surface area contributed by atoms with Crippen LogP contribution in [0.1, 0.15) is 40.2 Å².